The van der Waals surface area contributed by atoms with Crippen molar-refractivity contribution in [3.05, 3.63) is 58.7 Å². The van der Waals surface area contributed by atoms with E-state index in [9.17, 15) is 0 Å². The Morgan fingerprint density at radius 2 is 1.54 bits per heavy atom. The van der Waals surface area contributed by atoms with Crippen molar-refractivity contribution in [3.63, 3.8) is 0 Å². The van der Waals surface area contributed by atoms with Crippen molar-refractivity contribution in [3.8, 4) is 0 Å². The van der Waals surface area contributed by atoms with Gasteiger partial charge >= 0.3 is 0 Å². The highest BCUT2D eigenvalue weighted by Crippen LogP contribution is 2.30. The molecule has 0 aliphatic carbocycles. The molecule has 4 nitrogen and oxygen atoms in total. The van der Waals surface area contributed by atoms with Gasteiger partial charge in [0.05, 0.1) is 16.9 Å². The van der Waals surface area contributed by atoms with Crippen molar-refractivity contribution in [2.75, 3.05) is 36.0 Å². The van der Waals surface area contributed by atoms with Crippen LogP contribution in [0.2, 0.25) is 10.0 Å². The Labute approximate surface area is 150 Å². The summed E-state index contributed by atoms with van der Waals surface area (Å²) in [6, 6.07) is 13.9. The SMILES string of the molecule is Clc1ccc(N2CCN(c3cnnc4c(Cl)cccc34)CC2)cc1. The third-order valence-corrected chi connectivity index (χ3v) is 4.97. The number of benzene rings is 2. The van der Waals surface area contributed by atoms with Gasteiger partial charge in [-0.25, -0.2) is 0 Å². The summed E-state index contributed by atoms with van der Waals surface area (Å²) in [6.45, 7) is 3.75. The number of piperazine rings is 1. The topological polar surface area (TPSA) is 32.3 Å². The molecule has 122 valence electrons. The van der Waals surface area contributed by atoms with Crippen molar-refractivity contribution < 1.29 is 0 Å². The lowest BCUT2D eigenvalue weighted by Gasteiger charge is -2.37. The molecule has 3 aromatic rings. The van der Waals surface area contributed by atoms with Gasteiger partial charge in [-0.2, -0.15) is 5.10 Å². The first-order valence-electron chi connectivity index (χ1n) is 7.88. The van der Waals surface area contributed by atoms with Crippen molar-refractivity contribution in [2.24, 2.45) is 0 Å². The van der Waals surface area contributed by atoms with Crippen LogP contribution in [0.4, 0.5) is 11.4 Å². The Morgan fingerprint density at radius 3 is 2.29 bits per heavy atom. The number of halogens is 2. The van der Waals surface area contributed by atoms with Crippen LogP contribution in [0.15, 0.2) is 48.7 Å². The molecule has 1 aromatic heterocycles. The molecule has 0 N–H and O–H groups in total. The molecule has 0 atom stereocenters. The first-order valence-corrected chi connectivity index (χ1v) is 8.63. The van der Waals surface area contributed by atoms with E-state index in [0.29, 0.717) is 5.02 Å². The molecule has 0 unspecified atom stereocenters. The molecule has 0 saturated carbocycles. The average molecular weight is 359 g/mol. The number of hydrogen-bond donors (Lipinski definition) is 0. The predicted octanol–water partition coefficient (Wildman–Crippen LogP) is 4.26. The number of hydrogen-bond acceptors (Lipinski definition) is 4. The van der Waals surface area contributed by atoms with Crippen LogP contribution >= 0.6 is 23.2 Å². The van der Waals surface area contributed by atoms with Gasteiger partial charge in [-0.15, -0.1) is 5.10 Å². The van der Waals surface area contributed by atoms with Gasteiger partial charge in [0.25, 0.3) is 0 Å². The number of fused-ring (bicyclic) bond motifs is 1. The van der Waals surface area contributed by atoms with Crippen LogP contribution in [0.5, 0.6) is 0 Å². The van der Waals surface area contributed by atoms with Gasteiger partial charge in [0, 0.05) is 42.3 Å². The van der Waals surface area contributed by atoms with Gasteiger partial charge < -0.3 is 9.80 Å². The maximum atomic E-state index is 6.24. The van der Waals surface area contributed by atoms with Gasteiger partial charge in [0.2, 0.25) is 0 Å². The molecule has 0 spiro atoms. The van der Waals surface area contributed by atoms with Crippen LogP contribution in [0.1, 0.15) is 0 Å². The molecule has 2 heterocycles. The molecule has 1 saturated heterocycles. The van der Waals surface area contributed by atoms with Gasteiger partial charge in [-0.1, -0.05) is 35.3 Å². The summed E-state index contributed by atoms with van der Waals surface area (Å²) in [6.07, 6.45) is 1.83. The van der Waals surface area contributed by atoms with Crippen LogP contribution < -0.4 is 9.80 Å². The van der Waals surface area contributed by atoms with Crippen molar-refractivity contribution in [1.82, 2.24) is 10.2 Å². The molecular weight excluding hydrogens is 343 g/mol. The zero-order valence-electron chi connectivity index (χ0n) is 13.0. The Kier molecular flexibility index (Phi) is 4.17. The second-order valence-electron chi connectivity index (χ2n) is 5.82. The maximum absolute atomic E-state index is 6.24. The fourth-order valence-corrected chi connectivity index (χ4v) is 3.48. The number of rotatable bonds is 2. The Morgan fingerprint density at radius 1 is 0.833 bits per heavy atom. The first kappa shape index (κ1) is 15.5. The van der Waals surface area contributed by atoms with Crippen molar-refractivity contribution in [1.29, 1.82) is 0 Å². The summed E-state index contributed by atoms with van der Waals surface area (Å²) >= 11 is 12.2. The summed E-state index contributed by atoms with van der Waals surface area (Å²) in [5.74, 6) is 0. The standard InChI is InChI=1S/C18H16Cl2N4/c19-13-4-6-14(7-5-13)23-8-10-24(11-9-23)17-12-21-22-18-15(17)2-1-3-16(18)20/h1-7,12H,8-11H2. The molecule has 0 amide bonds. The van der Waals surface area contributed by atoms with E-state index in [1.54, 1.807) is 0 Å². The summed E-state index contributed by atoms with van der Waals surface area (Å²) in [7, 11) is 0. The maximum Gasteiger partial charge on any atom is 0.114 e. The zero-order chi connectivity index (χ0) is 16.5. The van der Waals surface area contributed by atoms with Crippen LogP contribution in [0.25, 0.3) is 10.9 Å². The highest BCUT2D eigenvalue weighted by Gasteiger charge is 2.20. The van der Waals surface area contributed by atoms with E-state index < -0.39 is 0 Å². The van der Waals surface area contributed by atoms with E-state index in [0.717, 1.165) is 47.8 Å². The van der Waals surface area contributed by atoms with E-state index >= 15 is 0 Å². The minimum absolute atomic E-state index is 0.640. The fraction of sp³-hybridized carbons (Fsp3) is 0.222. The molecule has 1 aliphatic rings. The highest BCUT2D eigenvalue weighted by atomic mass is 35.5. The number of anilines is 2. The third-order valence-electron chi connectivity index (χ3n) is 4.41. The van der Waals surface area contributed by atoms with Crippen LogP contribution in [-0.4, -0.2) is 36.4 Å². The fourth-order valence-electron chi connectivity index (χ4n) is 3.14. The van der Waals surface area contributed by atoms with Crippen molar-refractivity contribution in [2.45, 2.75) is 0 Å². The van der Waals surface area contributed by atoms with Crippen LogP contribution in [-0.2, 0) is 0 Å². The molecule has 0 bridgehead atoms. The predicted molar refractivity (Wildman–Crippen MR) is 100 cm³/mol. The second-order valence-corrected chi connectivity index (χ2v) is 6.66. The van der Waals surface area contributed by atoms with Crippen LogP contribution in [0, 0.1) is 0 Å². The highest BCUT2D eigenvalue weighted by molar-refractivity contribution is 6.35. The average Bonchev–Trinajstić information content (AvgIpc) is 2.63. The normalized spacial score (nSPS) is 15.1. The molecular formula is C18H16Cl2N4. The molecule has 2 aromatic carbocycles. The van der Waals surface area contributed by atoms with E-state index in [2.05, 4.69) is 38.2 Å². The molecule has 0 radical (unpaired) electrons. The van der Waals surface area contributed by atoms with E-state index in [4.69, 9.17) is 23.2 Å². The summed E-state index contributed by atoms with van der Waals surface area (Å²) < 4.78 is 0. The summed E-state index contributed by atoms with van der Waals surface area (Å²) in [5.41, 5.74) is 3.06. The lowest BCUT2D eigenvalue weighted by Crippen LogP contribution is -2.46. The van der Waals surface area contributed by atoms with E-state index in [-0.39, 0.29) is 0 Å². The first-order chi connectivity index (χ1) is 11.7. The zero-order valence-corrected chi connectivity index (χ0v) is 14.5. The van der Waals surface area contributed by atoms with Gasteiger partial charge in [0.1, 0.15) is 5.52 Å². The van der Waals surface area contributed by atoms with E-state index in [1.165, 1.54) is 5.69 Å². The number of nitrogens with zero attached hydrogens (tertiary/aromatic N) is 4. The summed E-state index contributed by atoms with van der Waals surface area (Å²) in [4.78, 5) is 4.72. The molecule has 1 aliphatic heterocycles. The Hall–Kier alpha value is -2.04. The van der Waals surface area contributed by atoms with Crippen LogP contribution in [0.3, 0.4) is 0 Å². The lowest BCUT2D eigenvalue weighted by molar-refractivity contribution is 0.654. The largest absolute Gasteiger partial charge is 0.368 e. The molecule has 4 rings (SSSR count). The van der Waals surface area contributed by atoms with Gasteiger partial charge in [-0.3, -0.25) is 0 Å². The minimum Gasteiger partial charge on any atom is -0.368 e. The van der Waals surface area contributed by atoms with Gasteiger partial charge in [-0.05, 0) is 30.3 Å². The Bertz CT molecular complexity index is 859. The smallest absolute Gasteiger partial charge is 0.114 e. The Balaban J connectivity index is 1.56. The third kappa shape index (κ3) is 2.87. The molecule has 1 fully saturated rings. The minimum atomic E-state index is 0.640. The lowest BCUT2D eigenvalue weighted by atomic mass is 10.1. The van der Waals surface area contributed by atoms with E-state index in [1.807, 2.05) is 30.5 Å². The molecule has 24 heavy (non-hydrogen) atoms. The van der Waals surface area contributed by atoms with Gasteiger partial charge in [0.15, 0.2) is 0 Å². The quantitative estimate of drug-likeness (QED) is 0.684. The monoisotopic (exact) mass is 358 g/mol. The summed E-state index contributed by atoms with van der Waals surface area (Å²) in [5, 5.41) is 10.8. The second kappa shape index (κ2) is 6.46. The number of aromatic nitrogens is 2. The van der Waals surface area contributed by atoms with Crippen molar-refractivity contribution >= 4 is 45.5 Å². The molecule has 6 heteroatoms.